The molecule has 4 rings (SSSR count). The highest BCUT2D eigenvalue weighted by Crippen LogP contribution is 2.31. The Kier molecular flexibility index (Phi) is 8.21. The van der Waals surface area contributed by atoms with Crippen LogP contribution in [-0.2, 0) is 20.0 Å². The second-order valence-corrected chi connectivity index (χ2v) is 7.26. The van der Waals surface area contributed by atoms with Gasteiger partial charge >= 0.3 is 0 Å². The third-order valence-electron chi connectivity index (χ3n) is 5.23. The Morgan fingerprint density at radius 3 is 2.81 bits per heavy atom. The van der Waals surface area contributed by atoms with E-state index in [1.54, 1.807) is 0 Å². The van der Waals surface area contributed by atoms with Gasteiger partial charge in [-0.25, -0.2) is 4.99 Å². The summed E-state index contributed by atoms with van der Waals surface area (Å²) in [6.45, 7) is 3.79. The van der Waals surface area contributed by atoms with Gasteiger partial charge in [-0.3, -0.25) is 4.98 Å². The summed E-state index contributed by atoms with van der Waals surface area (Å²) in [6.07, 6.45) is 3.51. The molecule has 31 heavy (non-hydrogen) atoms. The molecule has 1 aromatic carbocycles. The van der Waals surface area contributed by atoms with Crippen molar-refractivity contribution in [2.45, 2.75) is 32.4 Å². The number of aromatic nitrogens is 4. The number of fused-ring (bicyclic) bond motifs is 1. The summed E-state index contributed by atoms with van der Waals surface area (Å²) >= 11 is 0. The first-order valence-corrected chi connectivity index (χ1v) is 10.2. The van der Waals surface area contributed by atoms with Gasteiger partial charge in [-0.2, -0.15) is 0 Å². The Hall–Kier alpha value is -2.69. The fraction of sp³-hybridized carbons (Fsp3) is 0.364. The summed E-state index contributed by atoms with van der Waals surface area (Å²) in [5.74, 6) is 3.37. The fourth-order valence-electron chi connectivity index (χ4n) is 3.40. The van der Waals surface area contributed by atoms with Crippen molar-refractivity contribution in [2.24, 2.45) is 12.0 Å². The molecule has 0 aliphatic carbocycles. The first-order chi connectivity index (χ1) is 14.7. The van der Waals surface area contributed by atoms with Crippen LogP contribution in [0.2, 0.25) is 0 Å². The minimum Gasteiger partial charge on any atom is -0.493 e. The molecule has 0 saturated heterocycles. The van der Waals surface area contributed by atoms with E-state index in [0.29, 0.717) is 13.2 Å². The largest absolute Gasteiger partial charge is 0.493 e. The predicted molar refractivity (Wildman–Crippen MR) is 131 cm³/mol. The van der Waals surface area contributed by atoms with E-state index in [1.807, 2.05) is 61.1 Å². The number of guanidine groups is 1. The van der Waals surface area contributed by atoms with E-state index in [9.17, 15) is 0 Å². The van der Waals surface area contributed by atoms with E-state index in [4.69, 9.17) is 9.73 Å². The molecule has 0 saturated carbocycles. The van der Waals surface area contributed by atoms with Crippen LogP contribution in [0.15, 0.2) is 53.7 Å². The Labute approximate surface area is 199 Å². The highest BCUT2D eigenvalue weighted by Gasteiger charge is 2.22. The molecule has 0 fully saturated rings. The van der Waals surface area contributed by atoms with Gasteiger partial charge in [0, 0.05) is 43.9 Å². The highest BCUT2D eigenvalue weighted by atomic mass is 127. The SMILES string of the molecule is Cc1nnc(CN=C(NCCc2ccccn2)NC2CCOc3ccccc32)n1C.I. The number of hydrogen-bond acceptors (Lipinski definition) is 5. The number of para-hydroxylation sites is 1. The predicted octanol–water partition coefficient (Wildman–Crippen LogP) is 2.94. The Morgan fingerprint density at radius 1 is 1.19 bits per heavy atom. The molecule has 2 N–H and O–H groups in total. The molecule has 0 radical (unpaired) electrons. The summed E-state index contributed by atoms with van der Waals surface area (Å²) in [7, 11) is 1.95. The Morgan fingerprint density at radius 2 is 2.03 bits per heavy atom. The van der Waals surface area contributed by atoms with Gasteiger partial charge in [-0.15, -0.1) is 34.2 Å². The third kappa shape index (κ3) is 5.93. The lowest BCUT2D eigenvalue weighted by Gasteiger charge is -2.28. The molecule has 1 aliphatic heterocycles. The lowest BCUT2D eigenvalue weighted by molar-refractivity contribution is 0.261. The zero-order valence-corrected chi connectivity index (χ0v) is 20.1. The quantitative estimate of drug-likeness (QED) is 0.288. The number of pyridine rings is 1. The topological polar surface area (TPSA) is 89.2 Å². The van der Waals surface area contributed by atoms with E-state index >= 15 is 0 Å². The lowest BCUT2D eigenvalue weighted by atomic mass is 10.0. The van der Waals surface area contributed by atoms with Crippen molar-refractivity contribution >= 4 is 29.9 Å². The fourth-order valence-corrected chi connectivity index (χ4v) is 3.40. The van der Waals surface area contributed by atoms with Crippen molar-refractivity contribution in [1.29, 1.82) is 0 Å². The van der Waals surface area contributed by atoms with Gasteiger partial charge in [-0.05, 0) is 25.1 Å². The average molecular weight is 533 g/mol. The first-order valence-electron chi connectivity index (χ1n) is 10.2. The number of aliphatic imine (C=N–C) groups is 1. The molecule has 164 valence electrons. The molecule has 1 atom stereocenters. The number of aryl methyl sites for hydroxylation is 1. The zero-order chi connectivity index (χ0) is 20.8. The van der Waals surface area contributed by atoms with Crippen molar-refractivity contribution in [2.75, 3.05) is 13.2 Å². The van der Waals surface area contributed by atoms with Crippen molar-refractivity contribution < 1.29 is 4.74 Å². The van der Waals surface area contributed by atoms with E-state index in [1.165, 1.54) is 0 Å². The molecule has 3 aromatic rings. The van der Waals surface area contributed by atoms with Gasteiger partial charge in [0.05, 0.1) is 12.6 Å². The number of benzene rings is 1. The van der Waals surface area contributed by atoms with Gasteiger partial charge in [0.15, 0.2) is 11.8 Å². The van der Waals surface area contributed by atoms with Crippen LogP contribution in [0.5, 0.6) is 5.75 Å². The van der Waals surface area contributed by atoms with Crippen LogP contribution in [0.3, 0.4) is 0 Å². The second-order valence-electron chi connectivity index (χ2n) is 7.26. The summed E-state index contributed by atoms with van der Waals surface area (Å²) in [6, 6.07) is 14.2. The minimum atomic E-state index is 0. The maximum absolute atomic E-state index is 5.79. The normalized spacial score (nSPS) is 15.4. The Bertz CT molecular complexity index is 1010. The number of hydrogen-bond donors (Lipinski definition) is 2. The molecule has 1 aliphatic rings. The van der Waals surface area contributed by atoms with E-state index in [0.717, 1.165) is 54.0 Å². The van der Waals surface area contributed by atoms with E-state index in [-0.39, 0.29) is 30.0 Å². The van der Waals surface area contributed by atoms with Crippen LogP contribution in [0.4, 0.5) is 0 Å². The standard InChI is InChI=1S/C22H27N7O.HI/c1-16-27-28-21(29(16)2)15-25-22(24-13-10-17-7-5-6-12-23-17)26-19-11-14-30-20-9-4-3-8-18(19)20;/h3-9,12,19H,10-11,13-15H2,1-2H3,(H2,24,25,26);1H. The van der Waals surface area contributed by atoms with Gasteiger partial charge in [0.25, 0.3) is 0 Å². The molecule has 1 unspecified atom stereocenters. The zero-order valence-electron chi connectivity index (χ0n) is 17.8. The molecule has 9 heteroatoms. The smallest absolute Gasteiger partial charge is 0.192 e. The summed E-state index contributed by atoms with van der Waals surface area (Å²) in [4.78, 5) is 9.17. The molecule has 3 heterocycles. The van der Waals surface area contributed by atoms with Crippen LogP contribution >= 0.6 is 24.0 Å². The van der Waals surface area contributed by atoms with Gasteiger partial charge in [0.1, 0.15) is 18.1 Å². The van der Waals surface area contributed by atoms with Crippen LogP contribution in [0.1, 0.15) is 35.4 Å². The van der Waals surface area contributed by atoms with Crippen molar-refractivity contribution in [1.82, 2.24) is 30.4 Å². The minimum absolute atomic E-state index is 0. The van der Waals surface area contributed by atoms with E-state index < -0.39 is 0 Å². The number of rotatable bonds is 6. The summed E-state index contributed by atoms with van der Waals surface area (Å²) in [5, 5.41) is 15.4. The first kappa shape index (κ1) is 23.0. The summed E-state index contributed by atoms with van der Waals surface area (Å²) in [5.41, 5.74) is 2.20. The van der Waals surface area contributed by atoms with Crippen LogP contribution < -0.4 is 15.4 Å². The molecular formula is C22H28IN7O. The van der Waals surface area contributed by atoms with Gasteiger partial charge in [0.2, 0.25) is 0 Å². The Balaban J connectivity index is 0.00000272. The number of ether oxygens (including phenoxy) is 1. The maximum Gasteiger partial charge on any atom is 0.192 e. The summed E-state index contributed by atoms with van der Waals surface area (Å²) < 4.78 is 7.75. The molecular weight excluding hydrogens is 505 g/mol. The monoisotopic (exact) mass is 533 g/mol. The van der Waals surface area contributed by atoms with Crippen molar-refractivity contribution in [3.8, 4) is 5.75 Å². The molecule has 0 amide bonds. The highest BCUT2D eigenvalue weighted by molar-refractivity contribution is 14.0. The van der Waals surface area contributed by atoms with Crippen LogP contribution in [0.25, 0.3) is 0 Å². The average Bonchev–Trinajstić information content (AvgIpc) is 3.10. The van der Waals surface area contributed by atoms with Gasteiger partial charge < -0.3 is 19.9 Å². The van der Waals surface area contributed by atoms with Crippen LogP contribution in [-0.4, -0.2) is 38.9 Å². The molecule has 0 spiro atoms. The van der Waals surface area contributed by atoms with Crippen molar-refractivity contribution in [3.63, 3.8) is 0 Å². The second kappa shape index (κ2) is 11.1. The molecule has 2 aromatic heterocycles. The van der Waals surface area contributed by atoms with Crippen LogP contribution in [0, 0.1) is 6.92 Å². The van der Waals surface area contributed by atoms with Gasteiger partial charge in [-0.1, -0.05) is 24.3 Å². The third-order valence-corrected chi connectivity index (χ3v) is 5.23. The number of nitrogens with zero attached hydrogens (tertiary/aromatic N) is 5. The number of nitrogens with one attached hydrogen (secondary N) is 2. The lowest BCUT2D eigenvalue weighted by Crippen LogP contribution is -2.42. The number of halogens is 1. The molecule has 8 nitrogen and oxygen atoms in total. The molecule has 0 bridgehead atoms. The maximum atomic E-state index is 5.79. The van der Waals surface area contributed by atoms with E-state index in [2.05, 4.69) is 31.9 Å². The van der Waals surface area contributed by atoms with Crippen molar-refractivity contribution in [3.05, 3.63) is 71.6 Å².